The van der Waals surface area contributed by atoms with Gasteiger partial charge in [0.1, 0.15) is 12.4 Å². The Hall–Kier alpha value is -2.13. The molecule has 0 saturated carbocycles. The van der Waals surface area contributed by atoms with Crippen molar-refractivity contribution in [2.45, 2.75) is 6.92 Å². The number of ketones is 1. The topological polar surface area (TPSA) is 26.3 Å². The fraction of sp³-hybridized carbons (Fsp3) is 0.105. The lowest BCUT2D eigenvalue weighted by Crippen LogP contribution is -2.06. The van der Waals surface area contributed by atoms with Crippen molar-refractivity contribution >= 4 is 27.8 Å². The van der Waals surface area contributed by atoms with Gasteiger partial charge in [0.25, 0.3) is 0 Å². The second-order valence-corrected chi connectivity index (χ2v) is 6.12. The predicted molar refractivity (Wildman–Crippen MR) is 92.3 cm³/mol. The number of hydrogen-bond acceptors (Lipinski definition) is 2. The minimum atomic E-state index is 0.0130. The van der Waals surface area contributed by atoms with Crippen molar-refractivity contribution in [3.05, 3.63) is 81.4 Å². The minimum absolute atomic E-state index is 0.0130. The Morgan fingerprint density at radius 3 is 2.86 bits per heavy atom. The third-order valence-corrected chi connectivity index (χ3v) is 4.06. The van der Waals surface area contributed by atoms with Crippen LogP contribution in [0.2, 0.25) is 0 Å². The maximum atomic E-state index is 12.2. The van der Waals surface area contributed by atoms with Gasteiger partial charge in [-0.1, -0.05) is 46.3 Å². The number of allylic oxidation sites excluding steroid dienone is 1. The van der Waals surface area contributed by atoms with Gasteiger partial charge in [0.05, 0.1) is 0 Å². The lowest BCUT2D eigenvalue weighted by Gasteiger charge is -2.16. The van der Waals surface area contributed by atoms with Crippen LogP contribution in [0.5, 0.6) is 5.75 Å². The standard InChI is InChI=1S/C19H15BrO2/c1-13-4-2-3-5-17(13)18(21)8-6-14-10-15-11-16(20)7-9-19(15)22-12-14/h2-11H,12H2,1H3/b8-6+. The zero-order chi connectivity index (χ0) is 15.5. The van der Waals surface area contributed by atoms with E-state index in [2.05, 4.69) is 15.9 Å². The average molecular weight is 355 g/mol. The molecule has 0 N–H and O–H groups in total. The molecule has 0 saturated heterocycles. The van der Waals surface area contributed by atoms with E-state index in [9.17, 15) is 4.79 Å². The number of rotatable bonds is 3. The van der Waals surface area contributed by atoms with E-state index in [4.69, 9.17) is 4.74 Å². The van der Waals surface area contributed by atoms with Crippen LogP contribution < -0.4 is 4.74 Å². The molecule has 2 nitrogen and oxygen atoms in total. The largest absolute Gasteiger partial charge is 0.488 e. The van der Waals surface area contributed by atoms with Crippen LogP contribution in [0.4, 0.5) is 0 Å². The van der Waals surface area contributed by atoms with Crippen LogP contribution in [0.1, 0.15) is 21.5 Å². The second-order valence-electron chi connectivity index (χ2n) is 5.20. The van der Waals surface area contributed by atoms with Crippen molar-refractivity contribution in [3.8, 4) is 5.75 Å². The Morgan fingerprint density at radius 2 is 2.05 bits per heavy atom. The van der Waals surface area contributed by atoms with E-state index in [1.54, 1.807) is 6.08 Å². The Morgan fingerprint density at radius 1 is 1.23 bits per heavy atom. The quantitative estimate of drug-likeness (QED) is 0.574. The summed E-state index contributed by atoms with van der Waals surface area (Å²) in [5.41, 5.74) is 3.72. The van der Waals surface area contributed by atoms with E-state index in [1.807, 2.05) is 61.5 Å². The van der Waals surface area contributed by atoms with E-state index < -0.39 is 0 Å². The van der Waals surface area contributed by atoms with Crippen LogP contribution in [-0.2, 0) is 0 Å². The Labute approximate surface area is 138 Å². The predicted octanol–water partition coefficient (Wildman–Crippen LogP) is 4.97. The summed E-state index contributed by atoms with van der Waals surface area (Å²) in [6.45, 7) is 2.42. The first-order valence-electron chi connectivity index (χ1n) is 7.04. The average Bonchev–Trinajstić information content (AvgIpc) is 2.52. The van der Waals surface area contributed by atoms with Gasteiger partial charge in [-0.25, -0.2) is 0 Å². The minimum Gasteiger partial charge on any atom is -0.488 e. The van der Waals surface area contributed by atoms with Crippen LogP contribution in [0.15, 0.2) is 64.7 Å². The molecule has 0 bridgehead atoms. The fourth-order valence-electron chi connectivity index (χ4n) is 2.38. The first-order valence-corrected chi connectivity index (χ1v) is 7.84. The monoisotopic (exact) mass is 354 g/mol. The fourth-order valence-corrected chi connectivity index (χ4v) is 2.76. The van der Waals surface area contributed by atoms with Crippen LogP contribution in [-0.4, -0.2) is 12.4 Å². The van der Waals surface area contributed by atoms with Gasteiger partial charge in [-0.3, -0.25) is 4.79 Å². The molecule has 110 valence electrons. The summed E-state index contributed by atoms with van der Waals surface area (Å²) < 4.78 is 6.71. The number of carbonyl (C=O) groups is 1. The molecule has 2 aromatic rings. The lowest BCUT2D eigenvalue weighted by molar-refractivity contribution is 0.104. The number of carbonyl (C=O) groups excluding carboxylic acids is 1. The molecule has 0 fully saturated rings. The number of ether oxygens (including phenoxy) is 1. The molecule has 3 rings (SSSR count). The van der Waals surface area contributed by atoms with Crippen molar-refractivity contribution in [2.24, 2.45) is 0 Å². The Bertz CT molecular complexity index is 788. The van der Waals surface area contributed by atoms with Gasteiger partial charge in [0.2, 0.25) is 0 Å². The Kier molecular flexibility index (Phi) is 4.25. The van der Waals surface area contributed by atoms with Crippen molar-refractivity contribution in [2.75, 3.05) is 6.61 Å². The SMILES string of the molecule is Cc1ccccc1C(=O)/C=C/C1=Cc2cc(Br)ccc2OC1. The number of hydrogen-bond donors (Lipinski definition) is 0. The van der Waals surface area contributed by atoms with Gasteiger partial charge in [-0.05, 0) is 48.4 Å². The summed E-state index contributed by atoms with van der Waals surface area (Å²) in [6.07, 6.45) is 5.49. The van der Waals surface area contributed by atoms with Gasteiger partial charge in [0.15, 0.2) is 5.78 Å². The highest BCUT2D eigenvalue weighted by atomic mass is 79.9. The van der Waals surface area contributed by atoms with Crippen molar-refractivity contribution in [1.29, 1.82) is 0 Å². The van der Waals surface area contributed by atoms with Crippen LogP contribution in [0, 0.1) is 6.92 Å². The molecular weight excluding hydrogens is 340 g/mol. The van der Waals surface area contributed by atoms with Gasteiger partial charge in [-0.2, -0.15) is 0 Å². The molecule has 1 aliphatic rings. The highest BCUT2D eigenvalue weighted by Gasteiger charge is 2.11. The molecule has 22 heavy (non-hydrogen) atoms. The van der Waals surface area contributed by atoms with Crippen molar-refractivity contribution in [1.82, 2.24) is 0 Å². The number of aryl methyl sites for hydroxylation is 1. The molecule has 0 aromatic heterocycles. The molecule has 0 amide bonds. The van der Waals surface area contributed by atoms with E-state index in [-0.39, 0.29) is 5.78 Å². The molecule has 2 aromatic carbocycles. The molecule has 0 atom stereocenters. The van der Waals surface area contributed by atoms with Gasteiger partial charge in [0, 0.05) is 15.6 Å². The van der Waals surface area contributed by atoms with Crippen molar-refractivity contribution in [3.63, 3.8) is 0 Å². The summed E-state index contributed by atoms with van der Waals surface area (Å²) in [6, 6.07) is 13.5. The highest BCUT2D eigenvalue weighted by Crippen LogP contribution is 2.29. The van der Waals surface area contributed by atoms with E-state index in [1.165, 1.54) is 0 Å². The summed E-state index contributed by atoms with van der Waals surface area (Å²) >= 11 is 3.45. The summed E-state index contributed by atoms with van der Waals surface area (Å²) in [4.78, 5) is 12.2. The van der Waals surface area contributed by atoms with E-state index >= 15 is 0 Å². The first kappa shape index (κ1) is 14.8. The van der Waals surface area contributed by atoms with E-state index in [0.717, 1.165) is 32.5 Å². The maximum absolute atomic E-state index is 12.2. The smallest absolute Gasteiger partial charge is 0.186 e. The molecule has 1 heterocycles. The van der Waals surface area contributed by atoms with E-state index in [0.29, 0.717) is 6.61 Å². The Balaban J connectivity index is 1.82. The zero-order valence-electron chi connectivity index (χ0n) is 12.2. The summed E-state index contributed by atoms with van der Waals surface area (Å²) in [5.74, 6) is 0.879. The maximum Gasteiger partial charge on any atom is 0.186 e. The van der Waals surface area contributed by atoms with Crippen LogP contribution >= 0.6 is 15.9 Å². The lowest BCUT2D eigenvalue weighted by atomic mass is 10.0. The molecule has 0 spiro atoms. The number of fused-ring (bicyclic) bond motifs is 1. The number of halogens is 1. The summed E-state index contributed by atoms with van der Waals surface area (Å²) in [5, 5.41) is 0. The van der Waals surface area contributed by atoms with Crippen LogP contribution in [0.3, 0.4) is 0 Å². The van der Waals surface area contributed by atoms with Gasteiger partial charge < -0.3 is 4.74 Å². The van der Waals surface area contributed by atoms with Crippen LogP contribution in [0.25, 0.3) is 6.08 Å². The third-order valence-electron chi connectivity index (χ3n) is 3.57. The molecule has 0 aliphatic carbocycles. The second kappa shape index (κ2) is 6.32. The molecule has 0 unspecified atom stereocenters. The van der Waals surface area contributed by atoms with Gasteiger partial charge in [-0.15, -0.1) is 0 Å². The highest BCUT2D eigenvalue weighted by molar-refractivity contribution is 9.10. The molecule has 0 radical (unpaired) electrons. The number of benzene rings is 2. The normalized spacial score (nSPS) is 13.5. The summed E-state index contributed by atoms with van der Waals surface area (Å²) in [7, 11) is 0. The molecule has 1 aliphatic heterocycles. The first-order chi connectivity index (χ1) is 10.6. The molecular formula is C19H15BrO2. The molecule has 3 heteroatoms. The van der Waals surface area contributed by atoms with Gasteiger partial charge >= 0.3 is 0 Å². The third kappa shape index (κ3) is 3.20. The van der Waals surface area contributed by atoms with Crippen molar-refractivity contribution < 1.29 is 9.53 Å². The zero-order valence-corrected chi connectivity index (χ0v) is 13.8.